The molecule has 0 aliphatic heterocycles. The fourth-order valence-corrected chi connectivity index (χ4v) is 4.41. The van der Waals surface area contributed by atoms with Gasteiger partial charge in [-0.3, -0.25) is 4.40 Å². The molecule has 0 amide bonds. The molecular formula is C26H25N3. The summed E-state index contributed by atoms with van der Waals surface area (Å²) in [4.78, 5) is 9.87. The molecule has 0 fully saturated rings. The van der Waals surface area contributed by atoms with E-state index in [9.17, 15) is 0 Å². The SMILES string of the molecule is CC(C)c1cccc(C(C)C)c1-c1cn2c3ncccc3c3ccccc3c2n1. The molecule has 144 valence electrons. The zero-order valence-corrected chi connectivity index (χ0v) is 17.3. The molecule has 0 spiro atoms. The lowest BCUT2D eigenvalue weighted by molar-refractivity contribution is 0.837. The highest BCUT2D eigenvalue weighted by molar-refractivity contribution is 6.10. The lowest BCUT2D eigenvalue weighted by Crippen LogP contribution is -1.99. The second-order valence-corrected chi connectivity index (χ2v) is 8.36. The molecule has 3 heterocycles. The van der Waals surface area contributed by atoms with Crippen LogP contribution in [0.1, 0.15) is 50.7 Å². The molecule has 29 heavy (non-hydrogen) atoms. The largest absolute Gasteiger partial charge is 0.283 e. The Morgan fingerprint density at radius 2 is 1.31 bits per heavy atom. The van der Waals surface area contributed by atoms with E-state index in [0.29, 0.717) is 11.8 Å². The number of pyridine rings is 2. The van der Waals surface area contributed by atoms with Gasteiger partial charge in [0.2, 0.25) is 0 Å². The Morgan fingerprint density at radius 1 is 0.690 bits per heavy atom. The van der Waals surface area contributed by atoms with Crippen LogP contribution in [0.25, 0.3) is 38.7 Å². The summed E-state index contributed by atoms with van der Waals surface area (Å²) in [6, 6.07) is 19.3. The van der Waals surface area contributed by atoms with Crippen molar-refractivity contribution in [2.45, 2.75) is 39.5 Å². The average molecular weight is 380 g/mol. The van der Waals surface area contributed by atoms with Crippen molar-refractivity contribution in [1.29, 1.82) is 0 Å². The zero-order chi connectivity index (χ0) is 20.1. The lowest BCUT2D eigenvalue weighted by atomic mass is 9.87. The Hall–Kier alpha value is -3.20. The Bertz CT molecular complexity index is 1260. The highest BCUT2D eigenvalue weighted by atomic mass is 15.0. The fraction of sp³-hybridized carbons (Fsp3) is 0.231. The molecule has 2 aromatic carbocycles. The molecule has 0 saturated heterocycles. The highest BCUT2D eigenvalue weighted by Crippen LogP contribution is 2.37. The zero-order valence-electron chi connectivity index (χ0n) is 17.3. The molecule has 0 atom stereocenters. The Kier molecular flexibility index (Phi) is 4.13. The van der Waals surface area contributed by atoms with E-state index in [1.54, 1.807) is 0 Å². The third kappa shape index (κ3) is 2.72. The van der Waals surface area contributed by atoms with Crippen LogP contribution in [-0.2, 0) is 0 Å². The molecule has 3 aromatic heterocycles. The maximum atomic E-state index is 5.17. The summed E-state index contributed by atoms with van der Waals surface area (Å²) in [6.45, 7) is 9.02. The Morgan fingerprint density at radius 3 is 2.00 bits per heavy atom. The first-order valence-electron chi connectivity index (χ1n) is 10.3. The fourth-order valence-electron chi connectivity index (χ4n) is 4.41. The molecule has 5 aromatic rings. The normalized spacial score (nSPS) is 12.1. The summed E-state index contributed by atoms with van der Waals surface area (Å²) in [7, 11) is 0. The summed E-state index contributed by atoms with van der Waals surface area (Å²) in [5.41, 5.74) is 6.92. The van der Waals surface area contributed by atoms with Gasteiger partial charge in [-0.2, -0.15) is 0 Å². The van der Waals surface area contributed by atoms with E-state index in [4.69, 9.17) is 9.97 Å². The van der Waals surface area contributed by atoms with Crippen molar-refractivity contribution in [2.24, 2.45) is 0 Å². The Labute approximate surface area is 171 Å². The summed E-state index contributed by atoms with van der Waals surface area (Å²) >= 11 is 0. The van der Waals surface area contributed by atoms with Crippen molar-refractivity contribution >= 4 is 27.5 Å². The van der Waals surface area contributed by atoms with Crippen molar-refractivity contribution in [3.05, 3.63) is 78.1 Å². The first-order chi connectivity index (χ1) is 14.1. The van der Waals surface area contributed by atoms with Crippen molar-refractivity contribution in [3.8, 4) is 11.3 Å². The van der Waals surface area contributed by atoms with Crippen LogP contribution in [0.5, 0.6) is 0 Å². The standard InChI is InChI=1S/C26H25N3/c1-16(2)18-11-7-12-19(17(3)4)24(18)23-15-29-25-21(13-8-14-27-25)20-9-5-6-10-22(20)26(29)28-23/h5-17H,1-4H3. The number of nitrogens with zero attached hydrogens (tertiary/aromatic N) is 3. The van der Waals surface area contributed by atoms with E-state index >= 15 is 0 Å². The molecule has 3 nitrogen and oxygen atoms in total. The van der Waals surface area contributed by atoms with Gasteiger partial charge in [0.15, 0.2) is 0 Å². The topological polar surface area (TPSA) is 30.2 Å². The summed E-state index contributed by atoms with van der Waals surface area (Å²) in [5.74, 6) is 0.861. The maximum absolute atomic E-state index is 5.17. The molecule has 0 aliphatic rings. The lowest BCUT2D eigenvalue weighted by Gasteiger charge is -2.18. The summed E-state index contributed by atoms with van der Waals surface area (Å²) in [6.07, 6.45) is 4.03. The van der Waals surface area contributed by atoms with Gasteiger partial charge in [0, 0.05) is 28.7 Å². The van der Waals surface area contributed by atoms with Crippen molar-refractivity contribution in [3.63, 3.8) is 0 Å². The number of aromatic nitrogens is 3. The van der Waals surface area contributed by atoms with Crippen LogP contribution in [0.15, 0.2) is 67.0 Å². The second-order valence-electron chi connectivity index (χ2n) is 8.36. The smallest absolute Gasteiger partial charge is 0.147 e. The van der Waals surface area contributed by atoms with Crippen molar-refractivity contribution in [2.75, 3.05) is 0 Å². The Balaban J connectivity index is 1.93. The third-order valence-corrected chi connectivity index (χ3v) is 5.81. The van der Waals surface area contributed by atoms with Crippen LogP contribution in [-0.4, -0.2) is 14.4 Å². The molecule has 5 rings (SSSR count). The van der Waals surface area contributed by atoms with Crippen LogP contribution < -0.4 is 0 Å². The van der Waals surface area contributed by atoms with Gasteiger partial charge in [-0.25, -0.2) is 9.97 Å². The van der Waals surface area contributed by atoms with Crippen LogP contribution >= 0.6 is 0 Å². The second kappa shape index (κ2) is 6.70. The van der Waals surface area contributed by atoms with Crippen molar-refractivity contribution < 1.29 is 0 Å². The molecule has 0 bridgehead atoms. The van der Waals surface area contributed by atoms with Gasteiger partial charge in [-0.05, 0) is 40.5 Å². The van der Waals surface area contributed by atoms with Crippen LogP contribution in [0.2, 0.25) is 0 Å². The molecular weight excluding hydrogens is 354 g/mol. The number of imidazole rings is 1. The maximum Gasteiger partial charge on any atom is 0.147 e. The van der Waals surface area contributed by atoms with Gasteiger partial charge in [-0.1, -0.05) is 70.2 Å². The van der Waals surface area contributed by atoms with E-state index in [1.807, 2.05) is 12.3 Å². The first kappa shape index (κ1) is 17.9. The molecule has 0 unspecified atom stereocenters. The van der Waals surface area contributed by atoms with Crippen LogP contribution in [0.4, 0.5) is 0 Å². The minimum absolute atomic E-state index is 0.431. The van der Waals surface area contributed by atoms with Gasteiger partial charge in [0.25, 0.3) is 0 Å². The first-order valence-corrected chi connectivity index (χ1v) is 10.3. The van der Waals surface area contributed by atoms with Crippen LogP contribution in [0, 0.1) is 0 Å². The van der Waals surface area contributed by atoms with E-state index < -0.39 is 0 Å². The van der Waals surface area contributed by atoms with Gasteiger partial charge in [-0.15, -0.1) is 0 Å². The van der Waals surface area contributed by atoms with Crippen LogP contribution in [0.3, 0.4) is 0 Å². The molecule has 0 N–H and O–H groups in total. The van der Waals surface area contributed by atoms with Gasteiger partial charge >= 0.3 is 0 Å². The van der Waals surface area contributed by atoms with E-state index in [0.717, 1.165) is 27.8 Å². The minimum Gasteiger partial charge on any atom is -0.283 e. The highest BCUT2D eigenvalue weighted by Gasteiger charge is 2.19. The third-order valence-electron chi connectivity index (χ3n) is 5.81. The van der Waals surface area contributed by atoms with E-state index in [2.05, 4.69) is 86.8 Å². The number of benzene rings is 2. The number of fused-ring (bicyclic) bond motifs is 6. The van der Waals surface area contributed by atoms with E-state index in [-0.39, 0.29) is 0 Å². The van der Waals surface area contributed by atoms with E-state index in [1.165, 1.54) is 22.1 Å². The number of rotatable bonds is 3. The predicted molar refractivity (Wildman–Crippen MR) is 122 cm³/mol. The summed E-state index contributed by atoms with van der Waals surface area (Å²) < 4.78 is 2.16. The molecule has 0 aliphatic carbocycles. The molecule has 3 heteroatoms. The monoisotopic (exact) mass is 379 g/mol. The number of hydrogen-bond acceptors (Lipinski definition) is 2. The van der Waals surface area contributed by atoms with Gasteiger partial charge in [0.05, 0.1) is 5.69 Å². The molecule has 0 saturated carbocycles. The quantitative estimate of drug-likeness (QED) is 0.318. The van der Waals surface area contributed by atoms with Gasteiger partial charge < -0.3 is 0 Å². The minimum atomic E-state index is 0.431. The summed E-state index contributed by atoms with van der Waals surface area (Å²) in [5, 5.41) is 3.51. The molecule has 0 radical (unpaired) electrons. The predicted octanol–water partition coefficient (Wildman–Crippen LogP) is 6.95. The van der Waals surface area contributed by atoms with Crippen molar-refractivity contribution in [1.82, 2.24) is 14.4 Å². The average Bonchev–Trinajstić information content (AvgIpc) is 3.19. The number of hydrogen-bond donors (Lipinski definition) is 0. The van der Waals surface area contributed by atoms with Gasteiger partial charge in [0.1, 0.15) is 11.3 Å².